The zero-order valence-electron chi connectivity index (χ0n) is 16.8. The number of imidazole rings is 1. The molecule has 0 saturated heterocycles. The highest BCUT2D eigenvalue weighted by Gasteiger charge is 2.24. The quantitative estimate of drug-likeness (QED) is 0.466. The van der Waals surface area contributed by atoms with E-state index in [9.17, 15) is 9.90 Å². The molecule has 30 heavy (non-hydrogen) atoms. The fourth-order valence-corrected chi connectivity index (χ4v) is 5.30. The lowest BCUT2D eigenvalue weighted by atomic mass is 9.93. The second-order valence-corrected chi connectivity index (χ2v) is 8.99. The zero-order valence-corrected chi connectivity index (χ0v) is 17.7. The van der Waals surface area contributed by atoms with Gasteiger partial charge in [-0.25, -0.2) is 9.97 Å². The van der Waals surface area contributed by atoms with Crippen molar-refractivity contribution in [3.05, 3.63) is 59.5 Å². The molecule has 2 unspecified atom stereocenters. The van der Waals surface area contributed by atoms with Gasteiger partial charge in [0, 0.05) is 19.5 Å². The molecule has 1 fully saturated rings. The summed E-state index contributed by atoms with van der Waals surface area (Å²) >= 11 is 1.61. The number of hydrogen-bond acceptors (Lipinski definition) is 6. The Morgan fingerprint density at radius 3 is 2.90 bits per heavy atom. The molecular formula is C23H24N4O2S. The minimum absolute atomic E-state index is 0.0344. The topological polar surface area (TPSA) is 79.5 Å². The maximum atomic E-state index is 12.2. The van der Waals surface area contributed by atoms with E-state index in [1.165, 1.54) is 0 Å². The van der Waals surface area contributed by atoms with Crippen LogP contribution in [0.4, 0.5) is 5.13 Å². The molecule has 1 aromatic carbocycles. The standard InChI is InChI=1S/C23H24N4O2S/c1-14(28)21-17(27-12-5-4-11-20(27)25-21)13-15-7-6-10-19-22(15)26-23(30-19)24-16-8-2-3-9-18(16)29/h4-7,10-12,16,18,29H,2-3,8-9,13H2,1H3,(H,24,26). The van der Waals surface area contributed by atoms with Crippen LogP contribution in [0.1, 0.15) is 54.4 Å². The van der Waals surface area contributed by atoms with E-state index in [0.717, 1.165) is 57.9 Å². The lowest BCUT2D eigenvalue weighted by Crippen LogP contribution is -2.36. The van der Waals surface area contributed by atoms with Crippen molar-refractivity contribution in [2.24, 2.45) is 0 Å². The lowest BCUT2D eigenvalue weighted by molar-refractivity contribution is 0.101. The molecule has 0 spiro atoms. The summed E-state index contributed by atoms with van der Waals surface area (Å²) in [7, 11) is 0. The van der Waals surface area contributed by atoms with E-state index in [1.54, 1.807) is 18.3 Å². The molecule has 5 rings (SSSR count). The van der Waals surface area contributed by atoms with Crippen LogP contribution in [-0.4, -0.2) is 37.4 Å². The third kappa shape index (κ3) is 3.48. The average molecular weight is 421 g/mol. The number of carbonyl (C=O) groups is 1. The molecule has 6 nitrogen and oxygen atoms in total. The number of fused-ring (bicyclic) bond motifs is 2. The number of Topliss-reactive ketones (excluding diaryl/α,β-unsaturated/α-hetero) is 1. The summed E-state index contributed by atoms with van der Waals surface area (Å²) in [4.78, 5) is 21.6. The van der Waals surface area contributed by atoms with Crippen LogP contribution in [0.3, 0.4) is 0 Å². The Bertz CT molecular complexity index is 1230. The van der Waals surface area contributed by atoms with Gasteiger partial charge in [0.25, 0.3) is 0 Å². The Hall–Kier alpha value is -2.77. The lowest BCUT2D eigenvalue weighted by Gasteiger charge is -2.28. The molecule has 0 bridgehead atoms. The average Bonchev–Trinajstić information content (AvgIpc) is 3.32. The summed E-state index contributed by atoms with van der Waals surface area (Å²) in [6.07, 6.45) is 6.23. The highest BCUT2D eigenvalue weighted by atomic mass is 32.1. The van der Waals surface area contributed by atoms with E-state index < -0.39 is 0 Å². The van der Waals surface area contributed by atoms with Crippen LogP contribution in [0.15, 0.2) is 42.6 Å². The number of nitrogens with zero attached hydrogens (tertiary/aromatic N) is 3. The van der Waals surface area contributed by atoms with Gasteiger partial charge in [0.2, 0.25) is 0 Å². The van der Waals surface area contributed by atoms with Crippen molar-refractivity contribution >= 4 is 38.1 Å². The smallest absolute Gasteiger partial charge is 0.184 e. The second kappa shape index (κ2) is 7.81. The van der Waals surface area contributed by atoms with Crippen LogP contribution in [0, 0.1) is 0 Å². The zero-order chi connectivity index (χ0) is 20.7. The highest BCUT2D eigenvalue weighted by Crippen LogP contribution is 2.32. The number of ketones is 1. The van der Waals surface area contributed by atoms with Gasteiger partial charge in [-0.1, -0.05) is 42.4 Å². The number of rotatable bonds is 5. The first-order valence-electron chi connectivity index (χ1n) is 10.4. The van der Waals surface area contributed by atoms with Crippen LogP contribution in [0.5, 0.6) is 0 Å². The van der Waals surface area contributed by atoms with Crippen LogP contribution in [0.2, 0.25) is 0 Å². The second-order valence-electron chi connectivity index (χ2n) is 7.95. The van der Waals surface area contributed by atoms with Crippen molar-refractivity contribution in [3.63, 3.8) is 0 Å². The maximum Gasteiger partial charge on any atom is 0.184 e. The van der Waals surface area contributed by atoms with Crippen molar-refractivity contribution in [2.75, 3.05) is 5.32 Å². The van der Waals surface area contributed by atoms with E-state index >= 15 is 0 Å². The molecule has 0 aliphatic heterocycles. The van der Waals surface area contributed by atoms with Gasteiger partial charge in [0.15, 0.2) is 10.9 Å². The largest absolute Gasteiger partial charge is 0.391 e. The predicted octanol–water partition coefficient (Wildman–Crippen LogP) is 4.45. The molecule has 0 radical (unpaired) electrons. The molecular weight excluding hydrogens is 396 g/mol. The van der Waals surface area contributed by atoms with E-state index in [1.807, 2.05) is 34.9 Å². The molecule has 3 heterocycles. The molecule has 4 aromatic rings. The third-order valence-electron chi connectivity index (χ3n) is 5.86. The summed E-state index contributed by atoms with van der Waals surface area (Å²) in [5.41, 5.74) is 4.18. The van der Waals surface area contributed by atoms with Crippen LogP contribution >= 0.6 is 11.3 Å². The Morgan fingerprint density at radius 1 is 1.20 bits per heavy atom. The summed E-state index contributed by atoms with van der Waals surface area (Å²) in [6.45, 7) is 1.56. The molecule has 154 valence electrons. The van der Waals surface area contributed by atoms with Gasteiger partial charge in [-0.15, -0.1) is 0 Å². The SMILES string of the molecule is CC(=O)c1nc2ccccn2c1Cc1cccc2sc(NC3CCCCC3O)nc12. The van der Waals surface area contributed by atoms with Crippen molar-refractivity contribution in [1.82, 2.24) is 14.4 Å². The highest BCUT2D eigenvalue weighted by molar-refractivity contribution is 7.22. The fraction of sp³-hybridized carbons (Fsp3) is 0.348. The minimum Gasteiger partial charge on any atom is -0.391 e. The van der Waals surface area contributed by atoms with Crippen LogP contribution in [-0.2, 0) is 6.42 Å². The molecule has 2 N–H and O–H groups in total. The van der Waals surface area contributed by atoms with Gasteiger partial charge >= 0.3 is 0 Å². The Kier molecular flexibility index (Phi) is 5.00. The fourth-order valence-electron chi connectivity index (χ4n) is 4.33. The first-order valence-corrected chi connectivity index (χ1v) is 11.2. The Morgan fingerprint density at radius 2 is 2.07 bits per heavy atom. The maximum absolute atomic E-state index is 12.2. The van der Waals surface area contributed by atoms with Gasteiger partial charge in [0.05, 0.1) is 28.1 Å². The first kappa shape index (κ1) is 19.2. The number of hydrogen-bond donors (Lipinski definition) is 2. The van der Waals surface area contributed by atoms with Crippen molar-refractivity contribution in [2.45, 2.75) is 51.2 Å². The van der Waals surface area contributed by atoms with E-state index in [2.05, 4.69) is 22.4 Å². The number of benzene rings is 1. The number of pyridine rings is 1. The Labute approximate surface area is 178 Å². The van der Waals surface area contributed by atoms with Gasteiger partial charge in [-0.2, -0.15) is 0 Å². The number of thiazole rings is 1. The van der Waals surface area contributed by atoms with Gasteiger partial charge in [0.1, 0.15) is 11.3 Å². The van der Waals surface area contributed by atoms with Crippen molar-refractivity contribution in [3.8, 4) is 0 Å². The number of nitrogens with one attached hydrogen (secondary N) is 1. The van der Waals surface area contributed by atoms with Gasteiger partial charge < -0.3 is 14.8 Å². The summed E-state index contributed by atoms with van der Waals surface area (Å²) in [5, 5.41) is 14.6. The van der Waals surface area contributed by atoms with E-state index in [0.29, 0.717) is 12.1 Å². The predicted molar refractivity (Wildman–Crippen MR) is 120 cm³/mol. The molecule has 0 amide bonds. The number of para-hydroxylation sites is 1. The van der Waals surface area contributed by atoms with Gasteiger partial charge in [-0.3, -0.25) is 4.79 Å². The minimum atomic E-state index is -0.318. The van der Waals surface area contributed by atoms with Gasteiger partial charge in [-0.05, 0) is 36.6 Å². The Balaban J connectivity index is 1.51. The molecule has 2 atom stereocenters. The molecule has 1 saturated carbocycles. The third-order valence-corrected chi connectivity index (χ3v) is 6.81. The summed E-state index contributed by atoms with van der Waals surface area (Å²) in [5.74, 6) is -0.0344. The van der Waals surface area contributed by atoms with Crippen molar-refractivity contribution in [1.29, 1.82) is 0 Å². The van der Waals surface area contributed by atoms with Crippen LogP contribution < -0.4 is 5.32 Å². The molecule has 1 aliphatic rings. The first-order chi connectivity index (χ1) is 14.6. The number of carbonyl (C=O) groups excluding carboxylic acids is 1. The molecule has 7 heteroatoms. The molecule has 3 aromatic heterocycles. The van der Waals surface area contributed by atoms with Crippen molar-refractivity contribution < 1.29 is 9.90 Å². The monoisotopic (exact) mass is 420 g/mol. The number of aliphatic hydroxyl groups excluding tert-OH is 1. The van der Waals surface area contributed by atoms with E-state index in [-0.39, 0.29) is 17.9 Å². The number of anilines is 1. The van der Waals surface area contributed by atoms with Crippen LogP contribution in [0.25, 0.3) is 15.9 Å². The summed E-state index contributed by atoms with van der Waals surface area (Å²) in [6, 6.07) is 12.0. The summed E-state index contributed by atoms with van der Waals surface area (Å²) < 4.78 is 3.08. The number of aliphatic hydroxyl groups is 1. The normalized spacial score (nSPS) is 19.4. The molecule has 1 aliphatic carbocycles. The van der Waals surface area contributed by atoms with E-state index in [4.69, 9.17) is 4.98 Å². The number of aromatic nitrogens is 3.